The first-order valence-electron chi connectivity index (χ1n) is 7.93. The summed E-state index contributed by atoms with van der Waals surface area (Å²) >= 11 is 0. The molecule has 0 aromatic heterocycles. The van der Waals surface area contributed by atoms with Gasteiger partial charge < -0.3 is 19.6 Å². The Kier molecular flexibility index (Phi) is 2.38. The first kappa shape index (κ1) is 12.9. The van der Waals surface area contributed by atoms with Crippen molar-refractivity contribution in [2.45, 2.75) is 36.5 Å². The van der Waals surface area contributed by atoms with Crippen LogP contribution in [0, 0.1) is 5.92 Å². The van der Waals surface area contributed by atoms with E-state index in [-0.39, 0.29) is 11.5 Å². The second-order valence-electron chi connectivity index (χ2n) is 7.03. The average molecular weight is 300 g/mol. The topological polar surface area (TPSA) is 68.0 Å². The third-order valence-electron chi connectivity index (χ3n) is 6.26. The van der Waals surface area contributed by atoms with E-state index in [2.05, 4.69) is 24.1 Å². The molecule has 1 fully saturated rings. The molecular formula is C17H20N2O3. The third-order valence-corrected chi connectivity index (χ3v) is 6.26. The van der Waals surface area contributed by atoms with E-state index >= 15 is 0 Å². The minimum atomic E-state index is -0.579. The number of likely N-dealkylation sites (N-methyl/N-ethyl adjacent to an activating group) is 1. The van der Waals surface area contributed by atoms with Gasteiger partial charge in [-0.1, -0.05) is 18.2 Å². The summed E-state index contributed by atoms with van der Waals surface area (Å²) in [5, 5.41) is 10.5. The number of likely N-dealkylation sites (tertiary alicyclic amines) is 1. The lowest BCUT2D eigenvalue weighted by Crippen LogP contribution is -2.64. The summed E-state index contributed by atoms with van der Waals surface area (Å²) in [5.41, 5.74) is 2.41. The SMILES string of the molecule is CN1CC[C@]23c4c5ccc(ON)c4O[C@H]2[C@@H](O)C=C[C@H]3[C@H]1C5. The van der Waals surface area contributed by atoms with Gasteiger partial charge in [-0.15, -0.1) is 0 Å². The van der Waals surface area contributed by atoms with E-state index in [9.17, 15) is 5.11 Å². The highest BCUT2D eigenvalue weighted by Crippen LogP contribution is 2.62. The van der Waals surface area contributed by atoms with Crippen LogP contribution in [0.4, 0.5) is 0 Å². The van der Waals surface area contributed by atoms with Crippen molar-refractivity contribution in [3.05, 3.63) is 35.4 Å². The van der Waals surface area contributed by atoms with Crippen molar-refractivity contribution in [3.8, 4) is 11.5 Å². The molecule has 5 heteroatoms. The van der Waals surface area contributed by atoms with E-state index in [0.29, 0.717) is 17.7 Å². The van der Waals surface area contributed by atoms with Crippen LogP contribution >= 0.6 is 0 Å². The number of benzene rings is 1. The Morgan fingerprint density at radius 1 is 1.41 bits per heavy atom. The Hall–Kier alpha value is -1.56. The summed E-state index contributed by atoms with van der Waals surface area (Å²) in [4.78, 5) is 7.48. The van der Waals surface area contributed by atoms with Gasteiger partial charge >= 0.3 is 0 Å². The predicted octanol–water partition coefficient (Wildman–Crippen LogP) is 0.745. The van der Waals surface area contributed by atoms with E-state index in [4.69, 9.17) is 15.5 Å². The zero-order valence-electron chi connectivity index (χ0n) is 12.5. The van der Waals surface area contributed by atoms with E-state index in [0.717, 1.165) is 25.1 Å². The van der Waals surface area contributed by atoms with Crippen LogP contribution < -0.4 is 15.5 Å². The van der Waals surface area contributed by atoms with Crippen LogP contribution in [0.5, 0.6) is 11.5 Å². The fourth-order valence-electron chi connectivity index (χ4n) is 5.32. The molecule has 2 heterocycles. The predicted molar refractivity (Wildman–Crippen MR) is 80.7 cm³/mol. The molecule has 116 valence electrons. The number of hydrogen-bond acceptors (Lipinski definition) is 5. The molecule has 1 spiro atoms. The highest BCUT2D eigenvalue weighted by molar-refractivity contribution is 5.62. The minimum Gasteiger partial charge on any atom is -0.482 e. The smallest absolute Gasteiger partial charge is 0.188 e. The molecule has 5 atom stereocenters. The van der Waals surface area contributed by atoms with Crippen molar-refractivity contribution in [2.24, 2.45) is 11.8 Å². The van der Waals surface area contributed by atoms with Gasteiger partial charge in [0.2, 0.25) is 0 Å². The monoisotopic (exact) mass is 300 g/mol. The average Bonchev–Trinajstić information content (AvgIpc) is 2.88. The quantitative estimate of drug-likeness (QED) is 0.591. The number of nitrogens with zero attached hydrogens (tertiary/aromatic N) is 1. The molecular weight excluding hydrogens is 280 g/mol. The molecule has 1 aromatic rings. The highest BCUT2D eigenvalue weighted by Gasteiger charge is 2.64. The van der Waals surface area contributed by atoms with E-state index in [1.807, 2.05) is 12.1 Å². The van der Waals surface area contributed by atoms with Crippen molar-refractivity contribution < 1.29 is 14.7 Å². The van der Waals surface area contributed by atoms with Crippen LogP contribution in [-0.4, -0.2) is 41.8 Å². The Morgan fingerprint density at radius 3 is 3.09 bits per heavy atom. The van der Waals surface area contributed by atoms with Gasteiger partial charge in [0.05, 0.1) is 0 Å². The van der Waals surface area contributed by atoms with Crippen LogP contribution in [0.2, 0.25) is 0 Å². The zero-order chi connectivity index (χ0) is 15.1. The van der Waals surface area contributed by atoms with Crippen LogP contribution in [0.25, 0.3) is 0 Å². The Balaban J connectivity index is 1.82. The molecule has 0 saturated carbocycles. The van der Waals surface area contributed by atoms with E-state index in [1.165, 1.54) is 11.1 Å². The molecule has 5 nitrogen and oxygen atoms in total. The van der Waals surface area contributed by atoms with Crippen molar-refractivity contribution in [3.63, 3.8) is 0 Å². The largest absolute Gasteiger partial charge is 0.482 e. The molecule has 5 rings (SSSR count). The van der Waals surface area contributed by atoms with Crippen molar-refractivity contribution in [1.29, 1.82) is 0 Å². The van der Waals surface area contributed by atoms with Crippen molar-refractivity contribution in [1.82, 2.24) is 4.90 Å². The lowest BCUT2D eigenvalue weighted by Gasteiger charge is -2.56. The van der Waals surface area contributed by atoms with Crippen LogP contribution in [0.3, 0.4) is 0 Å². The first-order valence-corrected chi connectivity index (χ1v) is 7.93. The number of piperidine rings is 1. The van der Waals surface area contributed by atoms with Crippen molar-refractivity contribution in [2.75, 3.05) is 13.6 Å². The second kappa shape index (κ2) is 4.04. The number of hydrogen-bond donors (Lipinski definition) is 2. The summed E-state index contributed by atoms with van der Waals surface area (Å²) in [5.74, 6) is 7.13. The Labute approximate surface area is 129 Å². The summed E-state index contributed by atoms with van der Waals surface area (Å²) in [6, 6.07) is 4.46. The number of rotatable bonds is 1. The maximum atomic E-state index is 10.5. The van der Waals surface area contributed by atoms with Gasteiger partial charge in [-0.25, -0.2) is 0 Å². The number of nitrogens with two attached hydrogens (primary N) is 1. The lowest BCUT2D eigenvalue weighted by atomic mass is 9.53. The van der Waals surface area contributed by atoms with E-state index in [1.54, 1.807) is 0 Å². The fraction of sp³-hybridized carbons (Fsp3) is 0.529. The summed E-state index contributed by atoms with van der Waals surface area (Å²) in [6.45, 7) is 1.02. The maximum Gasteiger partial charge on any atom is 0.188 e. The maximum absolute atomic E-state index is 10.5. The first-order chi connectivity index (χ1) is 10.7. The molecule has 2 aliphatic carbocycles. The summed E-state index contributed by atoms with van der Waals surface area (Å²) < 4.78 is 6.22. The van der Waals surface area contributed by atoms with E-state index < -0.39 is 6.10 Å². The molecule has 1 saturated heterocycles. The van der Waals surface area contributed by atoms with Gasteiger partial charge in [0.15, 0.2) is 11.5 Å². The molecule has 0 unspecified atom stereocenters. The molecule has 2 aliphatic heterocycles. The van der Waals surface area contributed by atoms with Gasteiger partial charge in [-0.2, -0.15) is 5.90 Å². The second-order valence-corrected chi connectivity index (χ2v) is 7.03. The van der Waals surface area contributed by atoms with Gasteiger partial charge in [-0.3, -0.25) is 0 Å². The molecule has 0 amide bonds. The zero-order valence-corrected chi connectivity index (χ0v) is 12.5. The molecule has 0 radical (unpaired) electrons. The number of ether oxygens (including phenoxy) is 1. The van der Waals surface area contributed by atoms with Gasteiger partial charge in [0.25, 0.3) is 0 Å². The minimum absolute atomic E-state index is 0.136. The standard InChI is InChI=1S/C17H20N2O3/c1-19-7-6-17-10-3-4-12(20)16(17)21-15-13(22-18)5-2-9(14(15)17)8-11(10)19/h2-5,10-12,16,20H,6-8,18H2,1H3/t10-,11+,12-,16-,17-/m0/s1. The molecule has 22 heavy (non-hydrogen) atoms. The molecule has 2 bridgehead atoms. The summed E-state index contributed by atoms with van der Waals surface area (Å²) in [6.07, 6.45) is 5.30. The Bertz CT molecular complexity index is 689. The number of aliphatic hydroxyl groups is 1. The van der Waals surface area contributed by atoms with Crippen LogP contribution in [-0.2, 0) is 11.8 Å². The van der Waals surface area contributed by atoms with Gasteiger partial charge in [-0.05, 0) is 38.1 Å². The van der Waals surface area contributed by atoms with Gasteiger partial charge in [0.1, 0.15) is 12.2 Å². The normalized spacial score (nSPS) is 41.0. The van der Waals surface area contributed by atoms with Crippen LogP contribution in [0.15, 0.2) is 24.3 Å². The van der Waals surface area contributed by atoms with Crippen molar-refractivity contribution >= 4 is 0 Å². The Morgan fingerprint density at radius 2 is 2.27 bits per heavy atom. The fourth-order valence-corrected chi connectivity index (χ4v) is 5.32. The highest BCUT2D eigenvalue weighted by atomic mass is 16.6. The summed E-state index contributed by atoms with van der Waals surface area (Å²) in [7, 11) is 2.20. The number of aliphatic hydroxyl groups excluding tert-OH is 1. The van der Waals surface area contributed by atoms with Gasteiger partial charge in [0, 0.05) is 22.9 Å². The molecule has 1 aromatic carbocycles. The third kappa shape index (κ3) is 1.27. The van der Waals surface area contributed by atoms with Crippen LogP contribution in [0.1, 0.15) is 17.5 Å². The molecule has 4 aliphatic rings. The lowest BCUT2D eigenvalue weighted by molar-refractivity contribution is -0.0454. The molecule has 3 N–H and O–H groups in total.